The molecular formula is C19H20N2. The predicted octanol–water partition coefficient (Wildman–Crippen LogP) is 4.36. The van der Waals surface area contributed by atoms with Gasteiger partial charge in [-0.15, -0.1) is 0 Å². The van der Waals surface area contributed by atoms with Gasteiger partial charge >= 0.3 is 0 Å². The fraction of sp³-hybridized carbons (Fsp3) is 0.211. The fourth-order valence-corrected chi connectivity index (χ4v) is 2.73. The molecule has 0 bridgehead atoms. The molecule has 0 saturated carbocycles. The van der Waals surface area contributed by atoms with Crippen molar-refractivity contribution in [3.63, 3.8) is 0 Å². The molecular weight excluding hydrogens is 256 g/mol. The third kappa shape index (κ3) is 2.89. The third-order valence-electron chi connectivity index (χ3n) is 3.75. The summed E-state index contributed by atoms with van der Waals surface area (Å²) in [6, 6.07) is 18.8. The van der Waals surface area contributed by atoms with E-state index in [1.807, 2.05) is 12.1 Å². The molecule has 2 nitrogen and oxygen atoms in total. The normalized spacial score (nSPS) is 10.9. The van der Waals surface area contributed by atoms with Crippen molar-refractivity contribution in [3.05, 3.63) is 71.4 Å². The molecule has 0 amide bonds. The SMILES string of the molecule is CCCc1cc(N)c2cccc(Cc3ccccc3)c2n1. The first-order valence-corrected chi connectivity index (χ1v) is 7.49. The molecule has 2 heteroatoms. The lowest BCUT2D eigenvalue weighted by atomic mass is 10.0. The Hall–Kier alpha value is -2.35. The number of para-hydroxylation sites is 1. The van der Waals surface area contributed by atoms with Crippen molar-refractivity contribution in [2.45, 2.75) is 26.2 Å². The van der Waals surface area contributed by atoms with Gasteiger partial charge < -0.3 is 5.73 Å². The molecule has 3 aromatic rings. The molecule has 0 saturated heterocycles. The minimum Gasteiger partial charge on any atom is -0.398 e. The minimum absolute atomic E-state index is 0.832. The second-order valence-corrected chi connectivity index (χ2v) is 5.43. The number of anilines is 1. The van der Waals surface area contributed by atoms with E-state index in [2.05, 4.69) is 49.4 Å². The van der Waals surface area contributed by atoms with Crippen molar-refractivity contribution in [3.8, 4) is 0 Å². The van der Waals surface area contributed by atoms with Gasteiger partial charge in [0.2, 0.25) is 0 Å². The number of aromatic nitrogens is 1. The van der Waals surface area contributed by atoms with Gasteiger partial charge in [0.25, 0.3) is 0 Å². The number of nitrogens with two attached hydrogens (primary N) is 1. The molecule has 0 unspecified atom stereocenters. The van der Waals surface area contributed by atoms with Crippen LogP contribution in [-0.4, -0.2) is 4.98 Å². The monoisotopic (exact) mass is 276 g/mol. The van der Waals surface area contributed by atoms with Crippen LogP contribution in [0.5, 0.6) is 0 Å². The zero-order valence-corrected chi connectivity index (χ0v) is 12.3. The van der Waals surface area contributed by atoms with Gasteiger partial charge in [-0.2, -0.15) is 0 Å². The van der Waals surface area contributed by atoms with Crippen molar-refractivity contribution in [1.82, 2.24) is 4.98 Å². The maximum atomic E-state index is 6.21. The first kappa shape index (κ1) is 13.6. The number of benzene rings is 2. The molecule has 0 aliphatic rings. The van der Waals surface area contributed by atoms with E-state index in [0.717, 1.165) is 41.5 Å². The van der Waals surface area contributed by atoms with Crippen molar-refractivity contribution < 1.29 is 0 Å². The third-order valence-corrected chi connectivity index (χ3v) is 3.75. The van der Waals surface area contributed by atoms with Gasteiger partial charge in [-0.3, -0.25) is 4.98 Å². The standard InChI is InChI=1S/C19H20N2/c1-2-7-16-13-18(20)17-11-6-10-15(19(17)21-16)12-14-8-4-3-5-9-14/h3-6,8-11,13H,2,7,12H2,1H3,(H2,20,21). The molecule has 0 aliphatic heterocycles. The Kier molecular flexibility index (Phi) is 3.87. The summed E-state index contributed by atoms with van der Waals surface area (Å²) in [6.07, 6.45) is 2.94. The van der Waals surface area contributed by atoms with E-state index in [-0.39, 0.29) is 0 Å². The number of fused-ring (bicyclic) bond motifs is 1. The number of hydrogen-bond acceptors (Lipinski definition) is 2. The molecule has 2 aromatic carbocycles. The highest BCUT2D eigenvalue weighted by molar-refractivity contribution is 5.92. The number of pyridine rings is 1. The van der Waals surface area contributed by atoms with Gasteiger partial charge in [0.1, 0.15) is 0 Å². The van der Waals surface area contributed by atoms with Crippen LogP contribution in [0.4, 0.5) is 5.69 Å². The van der Waals surface area contributed by atoms with Gasteiger partial charge in [0.15, 0.2) is 0 Å². The van der Waals surface area contributed by atoms with E-state index in [1.54, 1.807) is 0 Å². The molecule has 1 heterocycles. The van der Waals surface area contributed by atoms with Gasteiger partial charge in [-0.1, -0.05) is 61.9 Å². The second kappa shape index (κ2) is 5.96. The molecule has 3 rings (SSSR count). The van der Waals surface area contributed by atoms with E-state index < -0.39 is 0 Å². The average Bonchev–Trinajstić information content (AvgIpc) is 2.50. The van der Waals surface area contributed by atoms with Crippen LogP contribution in [0.25, 0.3) is 10.9 Å². The zero-order chi connectivity index (χ0) is 14.7. The lowest BCUT2D eigenvalue weighted by Gasteiger charge is -2.10. The highest BCUT2D eigenvalue weighted by Crippen LogP contribution is 2.25. The quantitative estimate of drug-likeness (QED) is 0.769. The van der Waals surface area contributed by atoms with Gasteiger partial charge in [-0.05, 0) is 30.0 Å². The predicted molar refractivity (Wildman–Crippen MR) is 89.4 cm³/mol. The van der Waals surface area contributed by atoms with Crippen LogP contribution in [0.2, 0.25) is 0 Å². The maximum absolute atomic E-state index is 6.21. The van der Waals surface area contributed by atoms with Crippen LogP contribution in [0, 0.1) is 0 Å². The van der Waals surface area contributed by atoms with Crippen LogP contribution in [0.15, 0.2) is 54.6 Å². The Morgan fingerprint density at radius 2 is 1.81 bits per heavy atom. The van der Waals surface area contributed by atoms with Crippen LogP contribution in [0.1, 0.15) is 30.2 Å². The summed E-state index contributed by atoms with van der Waals surface area (Å²) < 4.78 is 0. The zero-order valence-electron chi connectivity index (χ0n) is 12.3. The van der Waals surface area contributed by atoms with Crippen LogP contribution in [0.3, 0.4) is 0 Å². The number of rotatable bonds is 4. The first-order valence-electron chi connectivity index (χ1n) is 7.49. The highest BCUT2D eigenvalue weighted by Gasteiger charge is 2.08. The lowest BCUT2D eigenvalue weighted by molar-refractivity contribution is 0.889. The summed E-state index contributed by atoms with van der Waals surface area (Å²) in [7, 11) is 0. The number of nitrogen functional groups attached to an aromatic ring is 1. The molecule has 0 atom stereocenters. The van der Waals surface area contributed by atoms with Crippen molar-refractivity contribution in [1.29, 1.82) is 0 Å². The maximum Gasteiger partial charge on any atom is 0.0761 e. The summed E-state index contributed by atoms with van der Waals surface area (Å²) in [6.45, 7) is 2.16. The summed E-state index contributed by atoms with van der Waals surface area (Å²) in [5, 5.41) is 1.06. The number of hydrogen-bond donors (Lipinski definition) is 1. The lowest BCUT2D eigenvalue weighted by Crippen LogP contribution is -1.99. The molecule has 0 spiro atoms. The van der Waals surface area contributed by atoms with Crippen LogP contribution < -0.4 is 5.73 Å². The Morgan fingerprint density at radius 1 is 1.00 bits per heavy atom. The van der Waals surface area contributed by atoms with E-state index in [1.165, 1.54) is 11.1 Å². The van der Waals surface area contributed by atoms with Gasteiger partial charge in [-0.25, -0.2) is 0 Å². The van der Waals surface area contributed by atoms with E-state index in [4.69, 9.17) is 10.7 Å². The van der Waals surface area contributed by atoms with Crippen LogP contribution >= 0.6 is 0 Å². The Labute approximate surface area is 125 Å². The summed E-state index contributed by atoms with van der Waals surface area (Å²) in [4.78, 5) is 4.84. The van der Waals surface area contributed by atoms with Crippen LogP contribution in [-0.2, 0) is 12.8 Å². The Morgan fingerprint density at radius 3 is 2.57 bits per heavy atom. The number of nitrogens with zero attached hydrogens (tertiary/aromatic N) is 1. The minimum atomic E-state index is 0.832. The van der Waals surface area contributed by atoms with E-state index >= 15 is 0 Å². The molecule has 0 fully saturated rings. The smallest absolute Gasteiger partial charge is 0.0761 e. The molecule has 21 heavy (non-hydrogen) atoms. The van der Waals surface area contributed by atoms with Crippen molar-refractivity contribution in [2.75, 3.05) is 5.73 Å². The van der Waals surface area contributed by atoms with Crippen molar-refractivity contribution in [2.24, 2.45) is 0 Å². The molecule has 0 radical (unpaired) electrons. The largest absolute Gasteiger partial charge is 0.398 e. The second-order valence-electron chi connectivity index (χ2n) is 5.43. The summed E-state index contributed by atoms with van der Waals surface area (Å²) in [5.74, 6) is 0. The van der Waals surface area contributed by atoms with Crippen molar-refractivity contribution >= 4 is 16.6 Å². The van der Waals surface area contributed by atoms with Gasteiger partial charge in [0, 0.05) is 16.8 Å². The summed E-state index contributed by atoms with van der Waals surface area (Å²) >= 11 is 0. The van der Waals surface area contributed by atoms with Gasteiger partial charge in [0.05, 0.1) is 5.52 Å². The van der Waals surface area contributed by atoms with E-state index in [9.17, 15) is 0 Å². The number of aryl methyl sites for hydroxylation is 1. The molecule has 106 valence electrons. The Bertz CT molecular complexity index is 748. The first-order chi connectivity index (χ1) is 10.3. The topological polar surface area (TPSA) is 38.9 Å². The fourth-order valence-electron chi connectivity index (χ4n) is 2.73. The molecule has 1 aromatic heterocycles. The highest BCUT2D eigenvalue weighted by atomic mass is 14.7. The van der Waals surface area contributed by atoms with E-state index in [0.29, 0.717) is 0 Å². The molecule has 2 N–H and O–H groups in total. The Balaban J connectivity index is 2.09. The molecule has 0 aliphatic carbocycles. The summed E-state index contributed by atoms with van der Waals surface area (Å²) in [5.41, 5.74) is 11.7. The average molecular weight is 276 g/mol.